The second kappa shape index (κ2) is 10.4. The van der Waals surface area contributed by atoms with Crippen molar-refractivity contribution in [2.75, 3.05) is 0 Å². The van der Waals surface area contributed by atoms with Crippen molar-refractivity contribution in [3.05, 3.63) is 117 Å². The number of aromatic amines is 1. The van der Waals surface area contributed by atoms with E-state index in [2.05, 4.69) is 19.9 Å². The molecule has 0 radical (unpaired) electrons. The maximum atomic E-state index is 13.5. The first kappa shape index (κ1) is 22.7. The molecule has 0 aliphatic carbocycles. The van der Waals surface area contributed by atoms with Gasteiger partial charge in [0.05, 0.1) is 5.69 Å². The number of halogens is 3. The van der Waals surface area contributed by atoms with Crippen LogP contribution in [0.3, 0.4) is 0 Å². The van der Waals surface area contributed by atoms with Gasteiger partial charge >= 0.3 is 0 Å². The molecule has 0 bridgehead atoms. The van der Waals surface area contributed by atoms with E-state index in [1.54, 1.807) is 12.4 Å². The Labute approximate surface area is 192 Å². The van der Waals surface area contributed by atoms with Crippen molar-refractivity contribution in [1.82, 2.24) is 19.9 Å². The zero-order valence-electron chi connectivity index (χ0n) is 17.4. The number of nitrogens with zero attached hydrogens (tertiary/aromatic N) is 3. The number of nitrogens with one attached hydrogen (secondary N) is 1. The fourth-order valence-electron chi connectivity index (χ4n) is 3.35. The van der Waals surface area contributed by atoms with E-state index in [4.69, 9.17) is 0 Å². The molecule has 9 heteroatoms. The van der Waals surface area contributed by atoms with Gasteiger partial charge in [0.1, 0.15) is 6.33 Å². The molecule has 0 saturated carbocycles. The quantitative estimate of drug-likeness (QED) is 0.232. The van der Waals surface area contributed by atoms with Crippen LogP contribution in [0.4, 0.5) is 13.2 Å². The summed E-state index contributed by atoms with van der Waals surface area (Å²) in [6.45, 7) is 0. The Hall–Kier alpha value is -3.46. The molecule has 2 aromatic heterocycles. The number of H-pyrrole nitrogens is 1. The second-order valence-electron chi connectivity index (χ2n) is 7.37. The highest BCUT2D eigenvalue weighted by molar-refractivity contribution is 7.98. The van der Waals surface area contributed by atoms with E-state index in [0.717, 1.165) is 35.0 Å². The minimum atomic E-state index is -1.51. The third-order valence-electron chi connectivity index (χ3n) is 4.99. The molecule has 2 aromatic carbocycles. The molecule has 0 spiro atoms. The number of hydrogen-bond donors (Lipinski definition) is 1. The highest BCUT2D eigenvalue weighted by Crippen LogP contribution is 2.23. The third-order valence-corrected chi connectivity index (χ3v) is 5.93. The topological polar surface area (TPSA) is 71.5 Å². The number of aryl methyl sites for hydroxylation is 2. The molecular weight excluding hydrogens is 449 g/mol. The molecule has 1 N–H and O–H groups in total. The van der Waals surface area contributed by atoms with Gasteiger partial charge in [-0.2, -0.15) is 0 Å². The Bertz CT molecular complexity index is 1280. The zero-order valence-corrected chi connectivity index (χ0v) is 18.2. The van der Waals surface area contributed by atoms with E-state index in [9.17, 15) is 18.0 Å². The lowest BCUT2D eigenvalue weighted by Gasteiger charge is -2.11. The van der Waals surface area contributed by atoms with Gasteiger partial charge in [-0.05, 0) is 41.7 Å². The van der Waals surface area contributed by atoms with Gasteiger partial charge in [-0.1, -0.05) is 42.1 Å². The summed E-state index contributed by atoms with van der Waals surface area (Å²) in [6, 6.07) is 11.7. The maximum Gasteiger partial charge on any atom is 0.255 e. The summed E-state index contributed by atoms with van der Waals surface area (Å²) in [7, 11) is 0. The van der Waals surface area contributed by atoms with Gasteiger partial charge in [-0.25, -0.2) is 28.1 Å². The SMILES string of the molecule is O=c1[nH]c(SCc2cc(F)c(F)c(F)c2)nc(CCc2ccccc2)c1Cc1cncnc1. The summed E-state index contributed by atoms with van der Waals surface area (Å²) < 4.78 is 40.2. The molecular formula is C24H19F3N4OS. The Balaban J connectivity index is 1.60. The molecule has 0 amide bonds. The number of rotatable bonds is 8. The van der Waals surface area contributed by atoms with Crippen LogP contribution >= 0.6 is 11.8 Å². The number of thioether (sulfide) groups is 1. The molecule has 0 unspecified atom stereocenters. The molecule has 0 fully saturated rings. The average molecular weight is 469 g/mol. The number of benzene rings is 2. The monoisotopic (exact) mass is 468 g/mol. The van der Waals surface area contributed by atoms with Crippen molar-refractivity contribution in [3.63, 3.8) is 0 Å². The van der Waals surface area contributed by atoms with Crippen molar-refractivity contribution >= 4 is 11.8 Å². The molecule has 0 atom stereocenters. The van der Waals surface area contributed by atoms with E-state index in [1.807, 2.05) is 30.3 Å². The average Bonchev–Trinajstić information content (AvgIpc) is 2.83. The standard InChI is InChI=1S/C24H19F3N4OS/c25-19-9-16(10-20(26)22(19)27)13-33-24-30-21(7-6-15-4-2-1-3-5-15)18(23(32)31-24)8-17-11-28-14-29-12-17/h1-5,9-12,14H,6-8,13H2,(H,30,31,32). The van der Waals surface area contributed by atoms with E-state index in [1.165, 1.54) is 6.33 Å². The molecule has 0 aliphatic rings. The lowest BCUT2D eigenvalue weighted by Crippen LogP contribution is -2.20. The fourth-order valence-corrected chi connectivity index (χ4v) is 4.16. The van der Waals surface area contributed by atoms with Gasteiger partial charge < -0.3 is 4.98 Å². The molecule has 0 saturated heterocycles. The lowest BCUT2D eigenvalue weighted by molar-refractivity contribution is 0.446. The fraction of sp³-hybridized carbons (Fsp3) is 0.167. The Morgan fingerprint density at radius 3 is 2.27 bits per heavy atom. The van der Waals surface area contributed by atoms with Gasteiger partial charge in [0.25, 0.3) is 5.56 Å². The van der Waals surface area contributed by atoms with E-state index in [-0.39, 0.29) is 16.9 Å². The molecule has 2 heterocycles. The number of hydrogen-bond acceptors (Lipinski definition) is 5. The summed E-state index contributed by atoms with van der Waals surface area (Å²) in [4.78, 5) is 28.3. The highest BCUT2D eigenvalue weighted by Gasteiger charge is 2.15. The molecule has 168 valence electrons. The van der Waals surface area contributed by atoms with Crippen molar-refractivity contribution in [1.29, 1.82) is 0 Å². The van der Waals surface area contributed by atoms with Crippen LogP contribution in [-0.4, -0.2) is 19.9 Å². The maximum absolute atomic E-state index is 13.5. The summed E-state index contributed by atoms with van der Waals surface area (Å²) in [5, 5.41) is 0.321. The summed E-state index contributed by atoms with van der Waals surface area (Å²) >= 11 is 1.11. The van der Waals surface area contributed by atoms with Gasteiger partial charge in [0, 0.05) is 30.1 Å². The first-order valence-corrected chi connectivity index (χ1v) is 11.1. The Morgan fingerprint density at radius 1 is 0.879 bits per heavy atom. The van der Waals surface area contributed by atoms with E-state index in [0.29, 0.717) is 35.7 Å². The molecule has 5 nitrogen and oxygen atoms in total. The van der Waals surface area contributed by atoms with Gasteiger partial charge in [-0.3, -0.25) is 4.79 Å². The van der Waals surface area contributed by atoms with Crippen LogP contribution in [0, 0.1) is 17.5 Å². The summed E-state index contributed by atoms with van der Waals surface area (Å²) in [6.07, 6.45) is 6.26. The summed E-state index contributed by atoms with van der Waals surface area (Å²) in [5.74, 6) is -3.90. The molecule has 0 aliphatic heterocycles. The summed E-state index contributed by atoms with van der Waals surface area (Å²) in [5.41, 5.74) is 2.99. The largest absolute Gasteiger partial charge is 0.301 e. The van der Waals surface area contributed by atoms with Crippen LogP contribution in [0.25, 0.3) is 0 Å². The van der Waals surface area contributed by atoms with Crippen LogP contribution < -0.4 is 5.56 Å². The van der Waals surface area contributed by atoms with Crippen molar-refractivity contribution < 1.29 is 13.2 Å². The predicted octanol–water partition coefficient (Wildman–Crippen LogP) is 4.65. The van der Waals surface area contributed by atoms with Gasteiger partial charge in [0.2, 0.25) is 0 Å². The molecule has 4 rings (SSSR count). The van der Waals surface area contributed by atoms with Crippen molar-refractivity contribution in [2.24, 2.45) is 0 Å². The first-order valence-electron chi connectivity index (χ1n) is 10.2. The smallest absolute Gasteiger partial charge is 0.255 e. The highest BCUT2D eigenvalue weighted by atomic mass is 32.2. The van der Waals surface area contributed by atoms with Gasteiger partial charge in [-0.15, -0.1) is 0 Å². The first-order chi connectivity index (χ1) is 16.0. The Morgan fingerprint density at radius 2 is 1.58 bits per heavy atom. The predicted molar refractivity (Wildman–Crippen MR) is 119 cm³/mol. The van der Waals surface area contributed by atoms with E-state index >= 15 is 0 Å². The van der Waals surface area contributed by atoms with Crippen LogP contribution in [-0.2, 0) is 25.0 Å². The molecule has 4 aromatic rings. The number of aromatic nitrogens is 4. The van der Waals surface area contributed by atoms with Crippen molar-refractivity contribution in [3.8, 4) is 0 Å². The molecule has 33 heavy (non-hydrogen) atoms. The van der Waals surface area contributed by atoms with Crippen LogP contribution in [0.2, 0.25) is 0 Å². The normalized spacial score (nSPS) is 11.0. The van der Waals surface area contributed by atoms with Crippen LogP contribution in [0.5, 0.6) is 0 Å². The van der Waals surface area contributed by atoms with Gasteiger partial charge in [0.15, 0.2) is 22.6 Å². The Kier molecular flexibility index (Phi) is 7.19. The minimum Gasteiger partial charge on any atom is -0.301 e. The van der Waals surface area contributed by atoms with Crippen LogP contribution in [0.1, 0.15) is 27.9 Å². The second-order valence-corrected chi connectivity index (χ2v) is 8.33. The zero-order chi connectivity index (χ0) is 23.2. The minimum absolute atomic E-state index is 0.112. The van der Waals surface area contributed by atoms with Crippen LogP contribution in [0.15, 0.2) is 71.1 Å². The lowest BCUT2D eigenvalue weighted by atomic mass is 10.0. The third kappa shape index (κ3) is 5.87. The van der Waals surface area contributed by atoms with Crippen molar-refractivity contribution in [2.45, 2.75) is 30.2 Å². The van der Waals surface area contributed by atoms with E-state index < -0.39 is 17.5 Å².